The molecule has 0 atom stereocenters. The van der Waals surface area contributed by atoms with Crippen LogP contribution in [0.25, 0.3) is 5.88 Å². The van der Waals surface area contributed by atoms with Crippen LogP contribution in [0, 0.1) is 18.3 Å². The molecule has 1 aliphatic rings. The van der Waals surface area contributed by atoms with E-state index in [1.54, 1.807) is 36.3 Å². The van der Waals surface area contributed by atoms with Gasteiger partial charge in [0, 0.05) is 57.5 Å². The SMILES string of the molecule is Cc1oc(-n2cccc2)c(C#N)c1C(=O)NCCCN1CCN(c2ncccn2)CC1. The first-order valence-electron chi connectivity index (χ1n) is 10.4. The standard InChI is InChI=1S/C22H25N7O2/c1-17-19(18(16-23)21(31-17)28-10-2-3-11-28)20(30)24-8-5-9-27-12-14-29(15-13-27)22-25-6-4-7-26-22/h2-4,6-7,10-11H,5,8-9,12-15H2,1H3,(H,24,30). The van der Waals surface area contributed by atoms with Crippen LogP contribution < -0.4 is 10.2 Å². The second kappa shape index (κ2) is 9.45. The lowest BCUT2D eigenvalue weighted by atomic mass is 10.1. The Kier molecular flexibility index (Phi) is 6.29. The highest BCUT2D eigenvalue weighted by Crippen LogP contribution is 2.25. The Bertz CT molecular complexity index is 1050. The number of furan rings is 1. The molecule has 1 fully saturated rings. The maximum absolute atomic E-state index is 12.7. The number of rotatable bonds is 7. The molecule has 1 N–H and O–H groups in total. The van der Waals surface area contributed by atoms with Crippen molar-refractivity contribution in [1.29, 1.82) is 5.26 Å². The summed E-state index contributed by atoms with van der Waals surface area (Å²) in [6.45, 7) is 6.79. The van der Waals surface area contributed by atoms with Crippen molar-refractivity contribution >= 4 is 11.9 Å². The van der Waals surface area contributed by atoms with Crippen molar-refractivity contribution in [2.75, 3.05) is 44.2 Å². The predicted molar refractivity (Wildman–Crippen MR) is 115 cm³/mol. The van der Waals surface area contributed by atoms with Gasteiger partial charge < -0.3 is 14.6 Å². The highest BCUT2D eigenvalue weighted by molar-refractivity contribution is 5.98. The van der Waals surface area contributed by atoms with Gasteiger partial charge in [0.05, 0.1) is 0 Å². The third-order valence-electron chi connectivity index (χ3n) is 5.39. The number of carbonyl (C=O) groups is 1. The summed E-state index contributed by atoms with van der Waals surface area (Å²) < 4.78 is 7.40. The van der Waals surface area contributed by atoms with Crippen LogP contribution in [0.4, 0.5) is 5.95 Å². The van der Waals surface area contributed by atoms with Gasteiger partial charge in [0.25, 0.3) is 5.91 Å². The molecule has 1 aliphatic heterocycles. The zero-order chi connectivity index (χ0) is 21.6. The minimum Gasteiger partial charge on any atom is -0.443 e. The summed E-state index contributed by atoms with van der Waals surface area (Å²) in [5.74, 6) is 1.31. The Hall–Kier alpha value is -3.64. The first-order chi connectivity index (χ1) is 15.2. The number of piperazine rings is 1. The Morgan fingerprint density at radius 1 is 1.16 bits per heavy atom. The van der Waals surface area contributed by atoms with Crippen LogP contribution in [-0.4, -0.2) is 64.6 Å². The lowest BCUT2D eigenvalue weighted by molar-refractivity contribution is 0.0949. The quantitative estimate of drug-likeness (QED) is 0.584. The number of nitrogens with zero attached hydrogens (tertiary/aromatic N) is 6. The molecule has 4 rings (SSSR count). The van der Waals surface area contributed by atoms with E-state index in [0.29, 0.717) is 23.8 Å². The van der Waals surface area contributed by atoms with E-state index < -0.39 is 0 Å². The summed E-state index contributed by atoms with van der Waals surface area (Å²) in [7, 11) is 0. The Balaban J connectivity index is 1.26. The Morgan fingerprint density at radius 3 is 2.55 bits per heavy atom. The summed E-state index contributed by atoms with van der Waals surface area (Å²) in [4.78, 5) is 25.9. The summed E-state index contributed by atoms with van der Waals surface area (Å²) in [6, 6.07) is 7.61. The molecule has 160 valence electrons. The van der Waals surface area contributed by atoms with Gasteiger partial charge in [-0.15, -0.1) is 0 Å². The van der Waals surface area contributed by atoms with Crippen LogP contribution in [-0.2, 0) is 0 Å². The zero-order valence-corrected chi connectivity index (χ0v) is 17.5. The molecule has 3 aromatic heterocycles. The number of hydrogen-bond donors (Lipinski definition) is 1. The second-order valence-electron chi connectivity index (χ2n) is 7.40. The largest absolute Gasteiger partial charge is 0.443 e. The number of carbonyl (C=O) groups excluding carboxylic acids is 1. The van der Waals surface area contributed by atoms with Gasteiger partial charge in [-0.3, -0.25) is 14.3 Å². The second-order valence-corrected chi connectivity index (χ2v) is 7.40. The first kappa shape index (κ1) is 20.6. The molecular formula is C22H25N7O2. The van der Waals surface area contributed by atoms with Gasteiger partial charge >= 0.3 is 0 Å². The van der Waals surface area contributed by atoms with Crippen molar-refractivity contribution in [3.05, 3.63) is 59.9 Å². The molecule has 9 heteroatoms. The van der Waals surface area contributed by atoms with Gasteiger partial charge in [-0.05, 0) is 38.1 Å². The van der Waals surface area contributed by atoms with Crippen molar-refractivity contribution in [2.24, 2.45) is 0 Å². The van der Waals surface area contributed by atoms with Crippen LogP contribution in [0.15, 0.2) is 47.4 Å². The topological polar surface area (TPSA) is 103 Å². The molecule has 4 heterocycles. The smallest absolute Gasteiger partial charge is 0.256 e. The average Bonchev–Trinajstić information content (AvgIpc) is 3.45. The molecule has 3 aromatic rings. The fourth-order valence-corrected chi connectivity index (χ4v) is 3.78. The molecule has 9 nitrogen and oxygen atoms in total. The van der Waals surface area contributed by atoms with Crippen LogP contribution in [0.2, 0.25) is 0 Å². The van der Waals surface area contributed by atoms with Gasteiger partial charge in [-0.25, -0.2) is 9.97 Å². The average molecular weight is 419 g/mol. The van der Waals surface area contributed by atoms with E-state index in [1.165, 1.54) is 0 Å². The van der Waals surface area contributed by atoms with Gasteiger partial charge in [-0.2, -0.15) is 5.26 Å². The van der Waals surface area contributed by atoms with Gasteiger partial charge in [-0.1, -0.05) is 0 Å². The fraction of sp³-hybridized carbons (Fsp3) is 0.364. The summed E-state index contributed by atoms with van der Waals surface area (Å²) in [6.07, 6.45) is 7.92. The molecule has 31 heavy (non-hydrogen) atoms. The third-order valence-corrected chi connectivity index (χ3v) is 5.39. The Morgan fingerprint density at radius 2 is 1.87 bits per heavy atom. The highest BCUT2D eigenvalue weighted by Gasteiger charge is 2.24. The van der Waals surface area contributed by atoms with Crippen molar-refractivity contribution in [3.63, 3.8) is 0 Å². The number of aromatic nitrogens is 3. The van der Waals surface area contributed by atoms with E-state index in [1.807, 2.05) is 18.2 Å². The van der Waals surface area contributed by atoms with Crippen LogP contribution in [0.1, 0.15) is 28.1 Å². The number of hydrogen-bond acceptors (Lipinski definition) is 7. The van der Waals surface area contributed by atoms with E-state index in [9.17, 15) is 10.1 Å². The van der Waals surface area contributed by atoms with E-state index in [-0.39, 0.29) is 11.5 Å². The minimum absolute atomic E-state index is 0.255. The summed E-state index contributed by atoms with van der Waals surface area (Å²) >= 11 is 0. The highest BCUT2D eigenvalue weighted by atomic mass is 16.4. The van der Waals surface area contributed by atoms with E-state index in [2.05, 4.69) is 31.2 Å². The molecule has 0 spiro atoms. The summed E-state index contributed by atoms with van der Waals surface area (Å²) in [5, 5.41) is 12.5. The van der Waals surface area contributed by atoms with Crippen molar-refractivity contribution in [2.45, 2.75) is 13.3 Å². The molecule has 0 unspecified atom stereocenters. The van der Waals surface area contributed by atoms with Crippen LogP contribution in [0.5, 0.6) is 0 Å². The Labute approximate surface area is 180 Å². The number of nitriles is 1. The zero-order valence-electron chi connectivity index (χ0n) is 17.5. The number of aryl methyl sites for hydroxylation is 1. The molecule has 0 bridgehead atoms. The number of nitrogens with one attached hydrogen (secondary N) is 1. The third kappa shape index (κ3) is 4.59. The van der Waals surface area contributed by atoms with Gasteiger partial charge in [0.15, 0.2) is 0 Å². The predicted octanol–water partition coefficient (Wildman–Crippen LogP) is 1.98. The summed E-state index contributed by atoms with van der Waals surface area (Å²) in [5.41, 5.74) is 0.563. The fourth-order valence-electron chi connectivity index (χ4n) is 3.78. The van der Waals surface area contributed by atoms with E-state index in [0.717, 1.165) is 45.1 Å². The molecule has 0 radical (unpaired) electrons. The molecule has 0 aromatic carbocycles. The van der Waals surface area contributed by atoms with Crippen molar-refractivity contribution < 1.29 is 9.21 Å². The van der Waals surface area contributed by atoms with E-state index >= 15 is 0 Å². The number of anilines is 1. The number of amides is 1. The van der Waals surface area contributed by atoms with Crippen LogP contribution >= 0.6 is 0 Å². The minimum atomic E-state index is -0.276. The maximum atomic E-state index is 12.7. The van der Waals surface area contributed by atoms with E-state index in [4.69, 9.17) is 4.42 Å². The normalized spacial score (nSPS) is 14.4. The first-order valence-corrected chi connectivity index (χ1v) is 10.4. The maximum Gasteiger partial charge on any atom is 0.256 e. The molecular weight excluding hydrogens is 394 g/mol. The lowest BCUT2D eigenvalue weighted by Gasteiger charge is -2.34. The molecule has 0 aliphatic carbocycles. The molecule has 0 saturated carbocycles. The van der Waals surface area contributed by atoms with Gasteiger partial charge in [0.1, 0.15) is 23.0 Å². The van der Waals surface area contributed by atoms with Crippen molar-refractivity contribution in [1.82, 2.24) is 24.8 Å². The monoisotopic (exact) mass is 419 g/mol. The molecule has 1 amide bonds. The van der Waals surface area contributed by atoms with Crippen molar-refractivity contribution in [3.8, 4) is 12.0 Å². The van der Waals surface area contributed by atoms with Gasteiger partial charge in [0.2, 0.25) is 11.8 Å². The van der Waals surface area contributed by atoms with Crippen LogP contribution in [0.3, 0.4) is 0 Å². The lowest BCUT2D eigenvalue weighted by Crippen LogP contribution is -2.47. The molecule has 1 saturated heterocycles.